The monoisotopic (exact) mass is 413 g/mol. The van der Waals surface area contributed by atoms with Crippen LogP contribution in [0.15, 0.2) is 35.1 Å². The largest absolute Gasteiger partial charge is 0.497 e. The highest BCUT2D eigenvalue weighted by Crippen LogP contribution is 2.27. The first kappa shape index (κ1) is 19.4. The number of benzene rings is 1. The summed E-state index contributed by atoms with van der Waals surface area (Å²) in [5.74, 6) is 0.944. The van der Waals surface area contributed by atoms with Crippen LogP contribution in [0, 0.1) is 5.92 Å². The average molecular weight is 414 g/mol. The number of anilines is 1. The van der Waals surface area contributed by atoms with Crippen molar-refractivity contribution in [2.75, 3.05) is 25.1 Å². The summed E-state index contributed by atoms with van der Waals surface area (Å²) in [5, 5.41) is 8.23. The number of amides is 1. The molecule has 1 aromatic carbocycles. The molecule has 0 radical (unpaired) electrons. The summed E-state index contributed by atoms with van der Waals surface area (Å²) in [4.78, 5) is 31.5. The quantitative estimate of drug-likeness (QED) is 0.691. The van der Waals surface area contributed by atoms with Gasteiger partial charge in [0.15, 0.2) is 0 Å². The van der Waals surface area contributed by atoms with Crippen LogP contribution in [0.25, 0.3) is 4.96 Å². The molecule has 29 heavy (non-hydrogen) atoms. The number of aromatic nitrogens is 3. The molecule has 1 atom stereocenters. The van der Waals surface area contributed by atoms with E-state index in [1.54, 1.807) is 7.11 Å². The van der Waals surface area contributed by atoms with Gasteiger partial charge in [0.25, 0.3) is 11.5 Å². The van der Waals surface area contributed by atoms with Gasteiger partial charge >= 0.3 is 0 Å². The van der Waals surface area contributed by atoms with Crippen LogP contribution in [0.2, 0.25) is 0 Å². The second-order valence-corrected chi connectivity index (χ2v) is 8.22. The average Bonchev–Trinajstić information content (AvgIpc) is 3.15. The molecule has 0 saturated carbocycles. The fourth-order valence-electron chi connectivity index (χ4n) is 3.51. The molecule has 152 valence electrons. The molecule has 8 nitrogen and oxygen atoms in total. The molecule has 9 heteroatoms. The molecule has 1 aliphatic heterocycles. The summed E-state index contributed by atoms with van der Waals surface area (Å²) in [6.07, 6.45) is 2.31. The number of piperidine rings is 1. The van der Waals surface area contributed by atoms with Gasteiger partial charge in [-0.1, -0.05) is 30.4 Å². The lowest BCUT2D eigenvalue weighted by Crippen LogP contribution is -2.34. The van der Waals surface area contributed by atoms with E-state index in [1.807, 2.05) is 24.3 Å². The van der Waals surface area contributed by atoms with Crippen molar-refractivity contribution in [3.05, 3.63) is 51.9 Å². The number of rotatable bonds is 5. The second kappa shape index (κ2) is 8.20. The molecular weight excluding hydrogens is 390 g/mol. The van der Waals surface area contributed by atoms with Crippen LogP contribution >= 0.6 is 11.3 Å². The van der Waals surface area contributed by atoms with Crippen LogP contribution in [0.1, 0.15) is 35.8 Å². The van der Waals surface area contributed by atoms with Gasteiger partial charge in [0.2, 0.25) is 10.1 Å². The summed E-state index contributed by atoms with van der Waals surface area (Å²) in [6.45, 7) is 4.38. The fraction of sp³-hybridized carbons (Fsp3) is 0.400. The lowest BCUT2D eigenvalue weighted by molar-refractivity contribution is 0.0943. The molecule has 4 rings (SSSR count). The number of methoxy groups -OCH3 is 1. The minimum Gasteiger partial charge on any atom is -0.497 e. The molecule has 1 N–H and O–H groups in total. The predicted molar refractivity (Wildman–Crippen MR) is 112 cm³/mol. The van der Waals surface area contributed by atoms with Gasteiger partial charge in [-0.15, -0.1) is 5.10 Å². The molecule has 1 saturated heterocycles. The summed E-state index contributed by atoms with van der Waals surface area (Å²) < 4.78 is 6.68. The minimum atomic E-state index is -0.446. The first-order chi connectivity index (χ1) is 14.0. The van der Waals surface area contributed by atoms with E-state index in [4.69, 9.17) is 4.74 Å². The lowest BCUT2D eigenvalue weighted by atomic mass is 10.0. The highest BCUT2D eigenvalue weighted by atomic mass is 32.1. The minimum absolute atomic E-state index is 0.190. The van der Waals surface area contributed by atoms with Crippen molar-refractivity contribution < 1.29 is 9.53 Å². The van der Waals surface area contributed by atoms with Gasteiger partial charge in [0.1, 0.15) is 11.4 Å². The third-order valence-electron chi connectivity index (χ3n) is 4.99. The molecule has 0 aliphatic carbocycles. The van der Waals surface area contributed by atoms with E-state index in [1.165, 1.54) is 28.3 Å². The number of ether oxygens (including phenoxy) is 1. The van der Waals surface area contributed by atoms with Crippen molar-refractivity contribution in [2.24, 2.45) is 5.92 Å². The Hall–Kier alpha value is -2.94. The van der Waals surface area contributed by atoms with E-state index in [0.29, 0.717) is 17.4 Å². The lowest BCUT2D eigenvalue weighted by Gasteiger charge is -2.30. The number of carbonyl (C=O) groups is 1. The maximum absolute atomic E-state index is 12.8. The number of hydrogen-bond acceptors (Lipinski definition) is 7. The van der Waals surface area contributed by atoms with Crippen LogP contribution in [0.3, 0.4) is 0 Å². The maximum atomic E-state index is 12.8. The van der Waals surface area contributed by atoms with Gasteiger partial charge in [0, 0.05) is 25.7 Å². The number of fused-ring (bicyclic) bond motifs is 1. The molecule has 0 unspecified atom stereocenters. The number of carbonyl (C=O) groups excluding carboxylic acids is 1. The van der Waals surface area contributed by atoms with E-state index in [-0.39, 0.29) is 11.6 Å². The molecular formula is C20H23N5O3S. The third kappa shape index (κ3) is 4.24. The summed E-state index contributed by atoms with van der Waals surface area (Å²) in [5.41, 5.74) is 0.644. The van der Waals surface area contributed by atoms with Crippen molar-refractivity contribution in [3.8, 4) is 5.75 Å². The number of nitrogens with one attached hydrogen (secondary N) is 1. The third-order valence-corrected chi connectivity index (χ3v) is 5.96. The Balaban J connectivity index is 1.58. The molecule has 2 aromatic heterocycles. The van der Waals surface area contributed by atoms with Gasteiger partial charge in [-0.2, -0.15) is 9.50 Å². The SMILES string of the molecule is COc1cccc(CNC(=O)c2cc(=O)nc3sc(N4CCC[C@H](C)C4)nn23)c1. The molecule has 0 spiro atoms. The van der Waals surface area contributed by atoms with Crippen molar-refractivity contribution in [1.29, 1.82) is 0 Å². The Kier molecular flexibility index (Phi) is 5.48. The van der Waals surface area contributed by atoms with Crippen molar-refractivity contribution in [2.45, 2.75) is 26.3 Å². The van der Waals surface area contributed by atoms with Gasteiger partial charge < -0.3 is 15.0 Å². The van der Waals surface area contributed by atoms with Crippen molar-refractivity contribution in [1.82, 2.24) is 19.9 Å². The van der Waals surface area contributed by atoms with Gasteiger partial charge in [-0.3, -0.25) is 9.59 Å². The molecule has 3 aromatic rings. The summed E-state index contributed by atoms with van der Waals surface area (Å²) in [6, 6.07) is 8.69. The van der Waals surface area contributed by atoms with E-state index in [2.05, 4.69) is 27.2 Å². The predicted octanol–water partition coefficient (Wildman–Crippen LogP) is 2.33. The zero-order valence-corrected chi connectivity index (χ0v) is 17.2. The van der Waals surface area contributed by atoms with Crippen LogP contribution in [0.5, 0.6) is 5.75 Å². The highest BCUT2D eigenvalue weighted by Gasteiger charge is 2.22. The van der Waals surface area contributed by atoms with E-state index in [0.717, 1.165) is 36.0 Å². The summed E-state index contributed by atoms with van der Waals surface area (Å²) >= 11 is 1.34. The van der Waals surface area contributed by atoms with Crippen molar-refractivity contribution in [3.63, 3.8) is 0 Å². The molecule has 1 aliphatic rings. The fourth-order valence-corrected chi connectivity index (χ4v) is 4.46. The smallest absolute Gasteiger partial charge is 0.274 e. The van der Waals surface area contributed by atoms with Crippen LogP contribution in [-0.4, -0.2) is 40.7 Å². The standard InChI is InChI=1S/C20H23N5O3S/c1-13-5-4-8-24(12-13)20-23-25-16(10-17(26)22-19(25)29-20)18(27)21-11-14-6-3-7-15(9-14)28-2/h3,6-7,9-10,13H,4-5,8,11-12H2,1-2H3,(H,21,27)/t13-/m0/s1. The Morgan fingerprint density at radius 2 is 2.24 bits per heavy atom. The van der Waals surface area contributed by atoms with E-state index in [9.17, 15) is 9.59 Å². The molecule has 1 fully saturated rings. The molecule has 3 heterocycles. The number of hydrogen-bond donors (Lipinski definition) is 1. The van der Waals surface area contributed by atoms with Gasteiger partial charge in [-0.05, 0) is 36.5 Å². The second-order valence-electron chi connectivity index (χ2n) is 7.29. The molecule has 0 bridgehead atoms. The Morgan fingerprint density at radius 3 is 3.03 bits per heavy atom. The summed E-state index contributed by atoms with van der Waals surface area (Å²) in [7, 11) is 1.60. The van der Waals surface area contributed by atoms with Gasteiger partial charge in [0.05, 0.1) is 7.11 Å². The highest BCUT2D eigenvalue weighted by molar-refractivity contribution is 7.20. The zero-order valence-electron chi connectivity index (χ0n) is 16.4. The van der Waals surface area contributed by atoms with E-state index < -0.39 is 5.56 Å². The van der Waals surface area contributed by atoms with E-state index >= 15 is 0 Å². The molecule has 1 amide bonds. The van der Waals surface area contributed by atoms with Crippen LogP contribution < -0.4 is 20.5 Å². The topological polar surface area (TPSA) is 88.8 Å². The Bertz CT molecular complexity index is 1090. The first-order valence-corrected chi connectivity index (χ1v) is 10.4. The van der Waals surface area contributed by atoms with Crippen LogP contribution in [0.4, 0.5) is 5.13 Å². The number of nitrogens with zero attached hydrogens (tertiary/aromatic N) is 4. The normalized spacial score (nSPS) is 16.8. The Morgan fingerprint density at radius 1 is 1.38 bits per heavy atom. The first-order valence-electron chi connectivity index (χ1n) is 9.60. The zero-order chi connectivity index (χ0) is 20.4. The van der Waals surface area contributed by atoms with Crippen molar-refractivity contribution >= 4 is 27.3 Å². The van der Waals surface area contributed by atoms with Gasteiger partial charge in [-0.25, -0.2) is 0 Å². The Labute approximate surface area is 172 Å². The van der Waals surface area contributed by atoms with Crippen LogP contribution in [-0.2, 0) is 6.54 Å². The maximum Gasteiger partial charge on any atom is 0.274 e.